The van der Waals surface area contributed by atoms with E-state index in [4.69, 9.17) is 34.8 Å². The smallest absolute Gasteiger partial charge is 0.228 e. The molecule has 17 heavy (non-hydrogen) atoms. The molecular weight excluding hydrogens is 282 g/mol. The van der Waals surface area contributed by atoms with Gasteiger partial charge in [-0.2, -0.15) is 15.0 Å². The molecule has 0 aliphatic rings. The van der Waals surface area contributed by atoms with Gasteiger partial charge < -0.3 is 5.32 Å². The van der Waals surface area contributed by atoms with Crippen LogP contribution in [0.3, 0.4) is 0 Å². The van der Waals surface area contributed by atoms with Crippen LogP contribution in [0.5, 0.6) is 0 Å². The van der Waals surface area contributed by atoms with Crippen molar-refractivity contribution in [2.45, 2.75) is 6.54 Å². The highest BCUT2D eigenvalue weighted by molar-refractivity contribution is 6.31. The third-order valence-corrected chi connectivity index (χ3v) is 2.49. The summed E-state index contributed by atoms with van der Waals surface area (Å²) in [7, 11) is 0. The number of halogens is 3. The molecule has 7 heteroatoms. The number of rotatable bonds is 3. The van der Waals surface area contributed by atoms with Gasteiger partial charge in [-0.25, -0.2) is 0 Å². The van der Waals surface area contributed by atoms with Crippen LogP contribution in [0.4, 0.5) is 5.95 Å². The number of benzene rings is 1. The molecule has 0 atom stereocenters. The Balaban J connectivity index is 2.07. The van der Waals surface area contributed by atoms with Crippen molar-refractivity contribution in [3.05, 3.63) is 45.4 Å². The topological polar surface area (TPSA) is 50.7 Å². The van der Waals surface area contributed by atoms with Crippen molar-refractivity contribution in [2.24, 2.45) is 0 Å². The lowest BCUT2D eigenvalue weighted by atomic mass is 10.2. The minimum absolute atomic E-state index is 0.0543. The minimum Gasteiger partial charge on any atom is -0.350 e. The Morgan fingerprint density at radius 1 is 1.00 bits per heavy atom. The van der Waals surface area contributed by atoms with Crippen molar-refractivity contribution in [2.75, 3.05) is 5.32 Å². The molecule has 0 saturated heterocycles. The quantitative estimate of drug-likeness (QED) is 0.940. The first-order chi connectivity index (χ1) is 8.13. The molecule has 1 heterocycles. The van der Waals surface area contributed by atoms with Gasteiger partial charge in [0.2, 0.25) is 16.5 Å². The first-order valence-electron chi connectivity index (χ1n) is 4.69. The monoisotopic (exact) mass is 288 g/mol. The summed E-state index contributed by atoms with van der Waals surface area (Å²) >= 11 is 17.2. The predicted molar refractivity (Wildman–Crippen MR) is 68.6 cm³/mol. The van der Waals surface area contributed by atoms with Crippen molar-refractivity contribution in [3.8, 4) is 0 Å². The van der Waals surface area contributed by atoms with Crippen LogP contribution in [0.2, 0.25) is 15.6 Å². The summed E-state index contributed by atoms with van der Waals surface area (Å²) in [6, 6.07) is 7.46. The fourth-order valence-corrected chi connectivity index (χ4v) is 1.81. The second kappa shape index (κ2) is 5.49. The second-order valence-corrected chi connectivity index (χ2v) is 4.29. The van der Waals surface area contributed by atoms with E-state index in [2.05, 4.69) is 20.3 Å². The van der Waals surface area contributed by atoms with E-state index in [0.717, 1.165) is 5.56 Å². The zero-order valence-electron chi connectivity index (χ0n) is 8.49. The Hall–Kier alpha value is -1.10. The van der Waals surface area contributed by atoms with Gasteiger partial charge in [0.15, 0.2) is 0 Å². The molecule has 0 spiro atoms. The highest BCUT2D eigenvalue weighted by Crippen LogP contribution is 2.13. The second-order valence-electron chi connectivity index (χ2n) is 3.18. The lowest BCUT2D eigenvalue weighted by molar-refractivity contribution is 1.00. The van der Waals surface area contributed by atoms with Gasteiger partial charge in [0, 0.05) is 11.6 Å². The maximum absolute atomic E-state index is 5.87. The standard InChI is InChI=1S/C10H7Cl3N4/c11-7-3-1-2-6(4-7)5-14-10-16-8(12)15-9(13)17-10/h1-4H,5H2,(H,14,15,16,17). The summed E-state index contributed by atoms with van der Waals surface area (Å²) in [5.41, 5.74) is 1.00. The highest BCUT2D eigenvalue weighted by atomic mass is 35.5. The molecular formula is C10H7Cl3N4. The van der Waals surface area contributed by atoms with Gasteiger partial charge in [-0.3, -0.25) is 0 Å². The SMILES string of the molecule is Clc1cccc(CNc2nc(Cl)nc(Cl)n2)c1. The van der Waals surface area contributed by atoms with Crippen LogP contribution in [0.1, 0.15) is 5.56 Å². The molecule has 0 amide bonds. The molecule has 4 nitrogen and oxygen atoms in total. The fraction of sp³-hybridized carbons (Fsp3) is 0.100. The van der Waals surface area contributed by atoms with Gasteiger partial charge in [-0.15, -0.1) is 0 Å². The molecule has 0 aliphatic heterocycles. The Labute approximate surface area is 113 Å². The van der Waals surface area contributed by atoms with Gasteiger partial charge in [-0.1, -0.05) is 23.7 Å². The average Bonchev–Trinajstić information content (AvgIpc) is 2.25. The maximum Gasteiger partial charge on any atom is 0.228 e. The lowest BCUT2D eigenvalue weighted by Crippen LogP contribution is -2.04. The first-order valence-corrected chi connectivity index (χ1v) is 5.82. The summed E-state index contributed by atoms with van der Waals surface area (Å²) in [4.78, 5) is 11.4. The van der Waals surface area contributed by atoms with E-state index in [9.17, 15) is 0 Å². The summed E-state index contributed by atoms with van der Waals surface area (Å²) in [5, 5.41) is 3.77. The van der Waals surface area contributed by atoms with Crippen molar-refractivity contribution in [3.63, 3.8) is 0 Å². The number of hydrogen-bond acceptors (Lipinski definition) is 4. The van der Waals surface area contributed by atoms with E-state index >= 15 is 0 Å². The number of nitrogens with one attached hydrogen (secondary N) is 1. The van der Waals surface area contributed by atoms with Crippen LogP contribution in [0.15, 0.2) is 24.3 Å². The third kappa shape index (κ3) is 3.70. The fourth-order valence-electron chi connectivity index (χ4n) is 1.23. The normalized spacial score (nSPS) is 10.3. The molecule has 0 fully saturated rings. The molecule has 1 N–H and O–H groups in total. The number of anilines is 1. The minimum atomic E-state index is 0.0543. The Morgan fingerprint density at radius 2 is 1.71 bits per heavy atom. The van der Waals surface area contributed by atoms with E-state index in [1.807, 2.05) is 24.3 Å². The number of aromatic nitrogens is 3. The van der Waals surface area contributed by atoms with Crippen LogP contribution in [-0.2, 0) is 6.54 Å². The van der Waals surface area contributed by atoms with E-state index in [0.29, 0.717) is 17.5 Å². The Morgan fingerprint density at radius 3 is 2.35 bits per heavy atom. The van der Waals surface area contributed by atoms with Gasteiger partial charge in [0.1, 0.15) is 0 Å². The molecule has 0 unspecified atom stereocenters. The number of hydrogen-bond donors (Lipinski definition) is 1. The Kier molecular flexibility index (Phi) is 3.99. The van der Waals surface area contributed by atoms with E-state index in [1.165, 1.54) is 0 Å². The summed E-state index contributed by atoms with van der Waals surface area (Å²) in [6.07, 6.45) is 0. The van der Waals surface area contributed by atoms with Crippen molar-refractivity contribution < 1.29 is 0 Å². The Bertz CT molecular complexity index is 512. The van der Waals surface area contributed by atoms with E-state index < -0.39 is 0 Å². The van der Waals surface area contributed by atoms with Gasteiger partial charge in [-0.05, 0) is 40.9 Å². The number of nitrogens with zero attached hydrogens (tertiary/aromatic N) is 3. The van der Waals surface area contributed by atoms with Gasteiger partial charge in [0.05, 0.1) is 0 Å². The first kappa shape index (κ1) is 12.4. The van der Waals surface area contributed by atoms with Crippen LogP contribution in [0, 0.1) is 0 Å². The molecule has 1 aromatic carbocycles. The molecule has 88 valence electrons. The largest absolute Gasteiger partial charge is 0.350 e. The zero-order valence-corrected chi connectivity index (χ0v) is 10.8. The molecule has 0 aliphatic carbocycles. The molecule has 2 rings (SSSR count). The van der Waals surface area contributed by atoms with Gasteiger partial charge >= 0.3 is 0 Å². The van der Waals surface area contributed by atoms with Crippen molar-refractivity contribution >= 4 is 40.8 Å². The highest BCUT2D eigenvalue weighted by Gasteiger charge is 2.02. The zero-order chi connectivity index (χ0) is 12.3. The molecule has 0 radical (unpaired) electrons. The molecule has 1 aromatic heterocycles. The van der Waals surface area contributed by atoms with E-state index in [-0.39, 0.29) is 10.6 Å². The van der Waals surface area contributed by atoms with Crippen LogP contribution < -0.4 is 5.32 Å². The molecule has 0 bridgehead atoms. The summed E-state index contributed by atoms with van der Waals surface area (Å²) in [5.74, 6) is 0.329. The predicted octanol–water partition coefficient (Wildman–Crippen LogP) is 3.44. The van der Waals surface area contributed by atoms with Crippen LogP contribution in [-0.4, -0.2) is 15.0 Å². The van der Waals surface area contributed by atoms with E-state index in [1.54, 1.807) is 0 Å². The van der Waals surface area contributed by atoms with Crippen molar-refractivity contribution in [1.82, 2.24) is 15.0 Å². The molecule has 2 aromatic rings. The maximum atomic E-state index is 5.87. The third-order valence-electron chi connectivity index (χ3n) is 1.92. The van der Waals surface area contributed by atoms with Crippen LogP contribution >= 0.6 is 34.8 Å². The summed E-state index contributed by atoms with van der Waals surface area (Å²) in [6.45, 7) is 0.525. The lowest BCUT2D eigenvalue weighted by Gasteiger charge is -2.05. The molecule has 0 saturated carbocycles. The summed E-state index contributed by atoms with van der Waals surface area (Å²) < 4.78 is 0. The average molecular weight is 290 g/mol. The van der Waals surface area contributed by atoms with Gasteiger partial charge in [0.25, 0.3) is 0 Å². The van der Waals surface area contributed by atoms with Crippen LogP contribution in [0.25, 0.3) is 0 Å². The van der Waals surface area contributed by atoms with Crippen molar-refractivity contribution in [1.29, 1.82) is 0 Å².